The van der Waals surface area contributed by atoms with Crippen LogP contribution in [-0.4, -0.2) is 75.0 Å². The molecule has 1 fully saturated rings. The summed E-state index contributed by atoms with van der Waals surface area (Å²) in [5.41, 5.74) is -0.735. The van der Waals surface area contributed by atoms with Gasteiger partial charge in [-0.3, -0.25) is 0 Å². The molecule has 0 spiro atoms. The summed E-state index contributed by atoms with van der Waals surface area (Å²) in [7, 11) is -2.11. The van der Waals surface area contributed by atoms with Crippen molar-refractivity contribution in [3.05, 3.63) is 60.2 Å². The van der Waals surface area contributed by atoms with Crippen LogP contribution in [0.3, 0.4) is 0 Å². The first-order chi connectivity index (χ1) is 17.4. The Hall–Kier alpha value is -2.83. The Balaban J connectivity index is 1.49. The van der Waals surface area contributed by atoms with Crippen LogP contribution in [0.5, 0.6) is 5.75 Å². The van der Waals surface area contributed by atoms with Crippen molar-refractivity contribution in [1.29, 1.82) is 0 Å². The number of aliphatic hydroxyl groups is 1. The third-order valence-electron chi connectivity index (χ3n) is 6.20. The maximum Gasteiger partial charge on any atom is 0.427 e. The Labute approximate surface area is 213 Å². The molecule has 1 aliphatic heterocycles. The smallest absolute Gasteiger partial charge is 0.427 e. The van der Waals surface area contributed by atoms with E-state index in [-0.39, 0.29) is 49.6 Å². The Morgan fingerprint density at radius 1 is 1.08 bits per heavy atom. The molecule has 8 nitrogen and oxygen atoms in total. The molecule has 0 unspecified atom stereocenters. The van der Waals surface area contributed by atoms with E-state index >= 15 is 0 Å². The van der Waals surface area contributed by atoms with Crippen LogP contribution in [0.4, 0.5) is 18.0 Å². The molecule has 1 aliphatic rings. The number of benzene rings is 2. The maximum atomic E-state index is 13.5. The fourth-order valence-electron chi connectivity index (χ4n) is 3.82. The van der Waals surface area contributed by atoms with Crippen molar-refractivity contribution in [2.45, 2.75) is 48.6 Å². The van der Waals surface area contributed by atoms with Crippen molar-refractivity contribution in [3.63, 3.8) is 0 Å². The highest BCUT2D eigenvalue weighted by Gasteiger charge is 2.44. The summed E-state index contributed by atoms with van der Waals surface area (Å²) in [5, 5.41) is 10.8. The molecule has 3 rings (SSSR count). The SMILES string of the molecule is COc1ccc(COC[C@@H](OC(=O)N2CCC(O)(CCS(=O)(=O)c3ccccc3)CC2)C(F)(F)F)cc1. The fraction of sp³-hybridized carbons (Fsp3) is 0.480. The zero-order chi connectivity index (χ0) is 27.1. The number of ether oxygens (including phenoxy) is 3. The Bertz CT molecular complexity index is 1120. The molecule has 37 heavy (non-hydrogen) atoms. The van der Waals surface area contributed by atoms with Gasteiger partial charge in [0.05, 0.1) is 36.6 Å². The van der Waals surface area contributed by atoms with Crippen molar-refractivity contribution >= 4 is 15.9 Å². The molecule has 12 heteroatoms. The van der Waals surface area contributed by atoms with Gasteiger partial charge in [0.2, 0.25) is 6.10 Å². The second-order valence-corrected chi connectivity index (χ2v) is 11.0. The molecule has 0 aromatic heterocycles. The summed E-state index contributed by atoms with van der Waals surface area (Å²) in [4.78, 5) is 13.6. The average Bonchev–Trinajstić information content (AvgIpc) is 2.88. The van der Waals surface area contributed by atoms with Crippen LogP contribution >= 0.6 is 0 Å². The summed E-state index contributed by atoms with van der Waals surface area (Å²) in [6, 6.07) is 14.4. The largest absolute Gasteiger partial charge is 0.497 e. The maximum absolute atomic E-state index is 13.5. The van der Waals surface area contributed by atoms with Gasteiger partial charge in [-0.15, -0.1) is 0 Å². The molecule has 0 bridgehead atoms. The van der Waals surface area contributed by atoms with Crippen molar-refractivity contribution in [3.8, 4) is 5.75 Å². The summed E-state index contributed by atoms with van der Waals surface area (Å²) in [6.45, 7) is -1.14. The fourth-order valence-corrected chi connectivity index (χ4v) is 5.28. The molecule has 1 amide bonds. The van der Waals surface area contributed by atoms with E-state index < -0.39 is 40.4 Å². The molecule has 1 atom stereocenters. The van der Waals surface area contributed by atoms with E-state index in [1.54, 1.807) is 42.5 Å². The van der Waals surface area contributed by atoms with Crippen LogP contribution in [0.15, 0.2) is 59.5 Å². The topological polar surface area (TPSA) is 102 Å². The highest BCUT2D eigenvalue weighted by Crippen LogP contribution is 2.29. The number of amides is 1. The third-order valence-corrected chi connectivity index (χ3v) is 7.93. The number of carbonyl (C=O) groups is 1. The Morgan fingerprint density at radius 2 is 1.70 bits per heavy atom. The molecule has 0 aliphatic carbocycles. The standard InChI is InChI=1S/C25H30F3NO7S/c1-34-20-9-7-19(8-10-20)17-35-18-22(25(26,27)28)36-23(30)29-14-11-24(31,12-15-29)13-16-37(32,33)21-5-3-2-4-6-21/h2-10,22,31H,11-18H2,1H3/t22-/m1/s1. The van der Waals surface area contributed by atoms with Crippen LogP contribution in [0, 0.1) is 0 Å². The van der Waals surface area contributed by atoms with E-state index in [4.69, 9.17) is 14.2 Å². The van der Waals surface area contributed by atoms with Gasteiger partial charge in [-0.2, -0.15) is 13.2 Å². The van der Waals surface area contributed by atoms with E-state index in [0.717, 1.165) is 4.90 Å². The van der Waals surface area contributed by atoms with Gasteiger partial charge in [-0.25, -0.2) is 13.2 Å². The zero-order valence-electron chi connectivity index (χ0n) is 20.3. The molecule has 0 saturated carbocycles. The third kappa shape index (κ3) is 8.34. The molecular weight excluding hydrogens is 515 g/mol. The minimum atomic E-state index is -4.84. The van der Waals surface area contributed by atoms with Crippen molar-refractivity contribution in [2.75, 3.05) is 32.6 Å². The summed E-state index contributed by atoms with van der Waals surface area (Å²) in [6.07, 6.45) is -8.51. The lowest BCUT2D eigenvalue weighted by molar-refractivity contribution is -0.220. The van der Waals surface area contributed by atoms with E-state index in [9.17, 15) is 31.5 Å². The number of carbonyl (C=O) groups excluding carboxylic acids is 1. The van der Waals surface area contributed by atoms with Crippen molar-refractivity contribution in [2.24, 2.45) is 0 Å². The van der Waals surface area contributed by atoms with Crippen molar-refractivity contribution in [1.82, 2.24) is 4.90 Å². The van der Waals surface area contributed by atoms with Gasteiger partial charge in [0.1, 0.15) is 5.75 Å². The number of likely N-dealkylation sites (tertiary alicyclic amines) is 1. The monoisotopic (exact) mass is 545 g/mol. The van der Waals surface area contributed by atoms with Crippen LogP contribution < -0.4 is 4.74 Å². The number of piperidine rings is 1. The number of nitrogens with zero attached hydrogens (tertiary/aromatic N) is 1. The van der Waals surface area contributed by atoms with Gasteiger partial charge in [-0.1, -0.05) is 30.3 Å². The van der Waals surface area contributed by atoms with Gasteiger partial charge in [-0.05, 0) is 49.1 Å². The highest BCUT2D eigenvalue weighted by atomic mass is 32.2. The predicted molar refractivity (Wildman–Crippen MR) is 128 cm³/mol. The average molecular weight is 546 g/mol. The van der Waals surface area contributed by atoms with Gasteiger partial charge < -0.3 is 24.2 Å². The Morgan fingerprint density at radius 3 is 2.27 bits per heavy atom. The zero-order valence-corrected chi connectivity index (χ0v) is 21.1. The lowest BCUT2D eigenvalue weighted by atomic mass is 9.89. The molecule has 2 aromatic rings. The number of sulfone groups is 1. The van der Waals surface area contributed by atoms with Crippen LogP contribution in [0.2, 0.25) is 0 Å². The van der Waals surface area contributed by atoms with Gasteiger partial charge >= 0.3 is 12.3 Å². The lowest BCUT2D eigenvalue weighted by Crippen LogP contribution is -2.49. The molecule has 2 aromatic carbocycles. The minimum absolute atomic E-state index is 0.0110. The molecular formula is C25H30F3NO7S. The first kappa shape index (κ1) is 28.7. The van der Waals surface area contributed by atoms with Crippen LogP contribution in [0.1, 0.15) is 24.8 Å². The van der Waals surface area contributed by atoms with E-state index in [1.807, 2.05) is 0 Å². The number of methoxy groups -OCH3 is 1. The number of hydrogen-bond donors (Lipinski definition) is 1. The van der Waals surface area contributed by atoms with Crippen molar-refractivity contribution < 1.29 is 45.7 Å². The van der Waals surface area contributed by atoms with E-state index in [2.05, 4.69) is 0 Å². The summed E-state index contributed by atoms with van der Waals surface area (Å²) >= 11 is 0. The van der Waals surface area contributed by atoms with E-state index in [0.29, 0.717) is 11.3 Å². The molecule has 204 valence electrons. The number of rotatable bonds is 10. The van der Waals surface area contributed by atoms with Crippen LogP contribution in [0.25, 0.3) is 0 Å². The molecule has 1 N–H and O–H groups in total. The first-order valence-corrected chi connectivity index (χ1v) is 13.3. The molecule has 1 heterocycles. The van der Waals surface area contributed by atoms with Gasteiger partial charge in [0, 0.05) is 13.1 Å². The predicted octanol–water partition coefficient (Wildman–Crippen LogP) is 3.97. The highest BCUT2D eigenvalue weighted by molar-refractivity contribution is 7.91. The van der Waals surface area contributed by atoms with Gasteiger partial charge in [0.25, 0.3) is 0 Å². The number of alkyl halides is 3. The summed E-state index contributed by atoms with van der Waals surface area (Å²) < 4.78 is 80.2. The number of hydrogen-bond acceptors (Lipinski definition) is 7. The Kier molecular flexibility index (Phi) is 9.43. The summed E-state index contributed by atoms with van der Waals surface area (Å²) in [5.74, 6) is 0.303. The molecule has 0 radical (unpaired) electrons. The first-order valence-electron chi connectivity index (χ1n) is 11.6. The quantitative estimate of drug-likeness (QED) is 0.482. The van der Waals surface area contributed by atoms with Gasteiger partial charge in [0.15, 0.2) is 9.84 Å². The van der Waals surface area contributed by atoms with E-state index in [1.165, 1.54) is 19.2 Å². The normalized spacial score (nSPS) is 16.7. The lowest BCUT2D eigenvalue weighted by Gasteiger charge is -2.38. The second-order valence-electron chi connectivity index (χ2n) is 8.87. The minimum Gasteiger partial charge on any atom is -0.497 e. The molecule has 1 saturated heterocycles. The number of halogens is 3. The second kappa shape index (κ2) is 12.1. The van der Waals surface area contributed by atoms with Crippen LogP contribution in [-0.2, 0) is 25.9 Å².